The van der Waals surface area contributed by atoms with Gasteiger partial charge >= 0.3 is 0 Å². The zero-order chi connectivity index (χ0) is 9.03. The third-order valence-electron chi connectivity index (χ3n) is 2.02. The van der Waals surface area contributed by atoms with Gasteiger partial charge in [0, 0.05) is 26.0 Å². The van der Waals surface area contributed by atoms with Crippen LogP contribution in [0.5, 0.6) is 0 Å². The van der Waals surface area contributed by atoms with Crippen LogP contribution in [0, 0.1) is 0 Å². The summed E-state index contributed by atoms with van der Waals surface area (Å²) in [6.07, 6.45) is 1.06. The van der Waals surface area contributed by atoms with Gasteiger partial charge in [0.15, 0.2) is 0 Å². The number of amides is 1. The van der Waals surface area contributed by atoms with Gasteiger partial charge in [0.2, 0.25) is 5.91 Å². The molecule has 0 radical (unpaired) electrons. The quantitative estimate of drug-likeness (QED) is 0.614. The lowest BCUT2D eigenvalue weighted by Gasteiger charge is -2.20. The van der Waals surface area contributed by atoms with E-state index in [1.807, 2.05) is 0 Å². The van der Waals surface area contributed by atoms with E-state index in [1.165, 1.54) is 0 Å². The van der Waals surface area contributed by atoms with Crippen LogP contribution in [0.1, 0.15) is 19.8 Å². The summed E-state index contributed by atoms with van der Waals surface area (Å²) in [5.41, 5.74) is -0.829. The molecule has 4 heteroatoms. The molecule has 70 valence electrons. The lowest BCUT2D eigenvalue weighted by atomic mass is 10.0. The highest BCUT2D eigenvalue weighted by atomic mass is 16.5. The molecule has 1 amide bonds. The molecule has 0 aromatic rings. The van der Waals surface area contributed by atoms with Gasteiger partial charge in [-0.2, -0.15) is 0 Å². The predicted molar refractivity (Wildman–Crippen MR) is 43.7 cm³/mol. The molecule has 1 rings (SSSR count). The van der Waals surface area contributed by atoms with E-state index in [1.54, 1.807) is 6.92 Å². The zero-order valence-corrected chi connectivity index (χ0v) is 7.30. The molecule has 0 aromatic carbocycles. The molecule has 1 fully saturated rings. The Kier molecular flexibility index (Phi) is 3.05. The Morgan fingerprint density at radius 2 is 2.50 bits per heavy atom. The number of hydrogen-bond donors (Lipinski definition) is 2. The number of rotatable bonds is 3. The Bertz CT molecular complexity index is 164. The summed E-state index contributed by atoms with van der Waals surface area (Å²) in [4.78, 5) is 10.8. The summed E-state index contributed by atoms with van der Waals surface area (Å²) in [6, 6.07) is 0. The van der Waals surface area contributed by atoms with Crippen molar-refractivity contribution in [3.8, 4) is 0 Å². The van der Waals surface area contributed by atoms with Gasteiger partial charge < -0.3 is 15.2 Å². The molecule has 0 aromatic heterocycles. The highest BCUT2D eigenvalue weighted by Gasteiger charge is 2.32. The summed E-state index contributed by atoms with van der Waals surface area (Å²) in [7, 11) is 0. The minimum atomic E-state index is -0.829. The van der Waals surface area contributed by atoms with Gasteiger partial charge in [-0.15, -0.1) is 0 Å². The van der Waals surface area contributed by atoms with Gasteiger partial charge in [-0.05, 0) is 0 Å². The number of hydrogen-bond acceptors (Lipinski definition) is 3. The largest absolute Gasteiger partial charge is 0.386 e. The number of nitrogens with one attached hydrogen (secondary N) is 1. The van der Waals surface area contributed by atoms with Gasteiger partial charge in [-0.1, -0.05) is 6.92 Å². The number of ether oxygens (including phenoxy) is 1. The number of carbonyl (C=O) groups excluding carboxylic acids is 1. The fraction of sp³-hybridized carbons (Fsp3) is 0.875. The summed E-state index contributed by atoms with van der Waals surface area (Å²) in [5.74, 6) is -0.0321. The van der Waals surface area contributed by atoms with Crippen LogP contribution in [0.15, 0.2) is 0 Å². The molecule has 0 bridgehead atoms. The van der Waals surface area contributed by atoms with Gasteiger partial charge in [-0.3, -0.25) is 4.79 Å². The van der Waals surface area contributed by atoms with E-state index in [0.717, 1.165) is 0 Å². The topological polar surface area (TPSA) is 58.6 Å². The standard InChI is InChI=1S/C8H15NO3/c1-2-7(10)9-5-8(11)3-4-12-6-8/h11H,2-6H2,1H3,(H,9,10). The highest BCUT2D eigenvalue weighted by molar-refractivity contribution is 5.75. The van der Waals surface area contributed by atoms with E-state index >= 15 is 0 Å². The van der Waals surface area contributed by atoms with Crippen LogP contribution in [0.2, 0.25) is 0 Å². The minimum absolute atomic E-state index is 0.0321. The second-order valence-electron chi connectivity index (χ2n) is 3.16. The molecule has 1 aliphatic heterocycles. The van der Waals surface area contributed by atoms with Crippen LogP contribution in [0.3, 0.4) is 0 Å². The fourth-order valence-corrected chi connectivity index (χ4v) is 1.12. The molecule has 2 N–H and O–H groups in total. The first kappa shape index (κ1) is 9.48. The van der Waals surface area contributed by atoms with Crippen molar-refractivity contribution in [2.24, 2.45) is 0 Å². The maximum Gasteiger partial charge on any atom is 0.219 e. The van der Waals surface area contributed by atoms with E-state index in [0.29, 0.717) is 32.6 Å². The van der Waals surface area contributed by atoms with Crippen molar-refractivity contribution in [1.82, 2.24) is 5.32 Å². The van der Waals surface area contributed by atoms with Gasteiger partial charge in [0.05, 0.1) is 6.61 Å². The lowest BCUT2D eigenvalue weighted by molar-refractivity contribution is -0.122. The maximum atomic E-state index is 10.8. The van der Waals surface area contributed by atoms with Crippen LogP contribution in [-0.4, -0.2) is 36.4 Å². The van der Waals surface area contributed by atoms with E-state index in [9.17, 15) is 9.90 Å². The van der Waals surface area contributed by atoms with Crippen molar-refractivity contribution in [3.05, 3.63) is 0 Å². The normalized spacial score (nSPS) is 28.8. The number of carbonyl (C=O) groups is 1. The SMILES string of the molecule is CCC(=O)NCC1(O)CCOC1. The van der Waals surface area contributed by atoms with Gasteiger partial charge in [0.1, 0.15) is 5.60 Å². The van der Waals surface area contributed by atoms with Crippen LogP contribution < -0.4 is 5.32 Å². The van der Waals surface area contributed by atoms with Gasteiger partial charge in [0.25, 0.3) is 0 Å². The molecule has 1 heterocycles. The number of aliphatic hydroxyl groups is 1. The minimum Gasteiger partial charge on any atom is -0.386 e. The van der Waals surface area contributed by atoms with E-state index < -0.39 is 5.60 Å². The smallest absolute Gasteiger partial charge is 0.219 e. The van der Waals surface area contributed by atoms with Crippen LogP contribution in [0.25, 0.3) is 0 Å². The van der Waals surface area contributed by atoms with Crippen molar-refractivity contribution >= 4 is 5.91 Å². The Hall–Kier alpha value is -0.610. The molecule has 4 nitrogen and oxygen atoms in total. The molecular weight excluding hydrogens is 158 g/mol. The van der Waals surface area contributed by atoms with Crippen molar-refractivity contribution in [1.29, 1.82) is 0 Å². The molecule has 12 heavy (non-hydrogen) atoms. The highest BCUT2D eigenvalue weighted by Crippen LogP contribution is 2.16. The van der Waals surface area contributed by atoms with Crippen molar-refractivity contribution in [2.75, 3.05) is 19.8 Å². The second kappa shape index (κ2) is 3.87. The average molecular weight is 173 g/mol. The van der Waals surface area contributed by atoms with Crippen molar-refractivity contribution in [3.63, 3.8) is 0 Å². The van der Waals surface area contributed by atoms with E-state index in [4.69, 9.17) is 4.74 Å². The van der Waals surface area contributed by atoms with Crippen LogP contribution in [0.4, 0.5) is 0 Å². The van der Waals surface area contributed by atoms with E-state index in [2.05, 4.69) is 5.32 Å². The van der Waals surface area contributed by atoms with Crippen molar-refractivity contribution < 1.29 is 14.6 Å². The Morgan fingerprint density at radius 1 is 1.75 bits per heavy atom. The monoisotopic (exact) mass is 173 g/mol. The summed E-state index contributed by atoms with van der Waals surface area (Å²) >= 11 is 0. The molecular formula is C8H15NO3. The first-order chi connectivity index (χ1) is 5.66. The summed E-state index contributed by atoms with van der Waals surface area (Å²) in [5, 5.41) is 12.3. The molecule has 0 aliphatic carbocycles. The van der Waals surface area contributed by atoms with Crippen molar-refractivity contribution in [2.45, 2.75) is 25.4 Å². The Labute approximate surface area is 71.9 Å². The van der Waals surface area contributed by atoms with Crippen LogP contribution in [-0.2, 0) is 9.53 Å². The first-order valence-electron chi connectivity index (χ1n) is 4.23. The zero-order valence-electron chi connectivity index (χ0n) is 7.30. The molecule has 1 saturated heterocycles. The third kappa shape index (κ3) is 2.46. The lowest BCUT2D eigenvalue weighted by Crippen LogP contribution is -2.43. The molecule has 0 saturated carbocycles. The Morgan fingerprint density at radius 3 is 3.00 bits per heavy atom. The average Bonchev–Trinajstić information content (AvgIpc) is 2.49. The summed E-state index contributed by atoms with van der Waals surface area (Å²) in [6.45, 7) is 3.00. The molecule has 1 aliphatic rings. The fourth-order valence-electron chi connectivity index (χ4n) is 1.12. The van der Waals surface area contributed by atoms with Gasteiger partial charge in [-0.25, -0.2) is 0 Å². The summed E-state index contributed by atoms with van der Waals surface area (Å²) < 4.78 is 5.02. The first-order valence-corrected chi connectivity index (χ1v) is 4.23. The molecule has 0 spiro atoms. The second-order valence-corrected chi connectivity index (χ2v) is 3.16. The molecule has 1 atom stereocenters. The third-order valence-corrected chi connectivity index (χ3v) is 2.02. The predicted octanol–water partition coefficient (Wildman–Crippen LogP) is -0.336. The molecule has 1 unspecified atom stereocenters. The van der Waals surface area contributed by atoms with E-state index in [-0.39, 0.29) is 5.91 Å². The Balaban J connectivity index is 2.25. The van der Waals surface area contributed by atoms with Crippen LogP contribution >= 0.6 is 0 Å². The maximum absolute atomic E-state index is 10.8.